The Morgan fingerprint density at radius 3 is 2.48 bits per heavy atom. The molecule has 2 fully saturated rings. The summed E-state index contributed by atoms with van der Waals surface area (Å²) in [5, 5.41) is 3.63. The lowest BCUT2D eigenvalue weighted by atomic mass is 10.0. The molecule has 21 heavy (non-hydrogen) atoms. The van der Waals surface area contributed by atoms with Crippen molar-refractivity contribution >= 4 is 21.6 Å². The fraction of sp³-hybridized carbons (Fsp3) is 0.667. The van der Waals surface area contributed by atoms with Crippen LogP contribution in [0.4, 0.5) is 5.69 Å². The molecule has 1 aliphatic carbocycles. The lowest BCUT2D eigenvalue weighted by Gasteiger charge is -2.26. The van der Waals surface area contributed by atoms with Crippen molar-refractivity contribution in [2.45, 2.75) is 52.1 Å². The van der Waals surface area contributed by atoms with Crippen molar-refractivity contribution < 1.29 is 0 Å². The van der Waals surface area contributed by atoms with Crippen LogP contribution in [0.15, 0.2) is 22.7 Å². The largest absolute Gasteiger partial charge is 0.371 e. The summed E-state index contributed by atoms with van der Waals surface area (Å²) < 4.78 is 1.19. The second-order valence-electron chi connectivity index (χ2n) is 7.73. The van der Waals surface area contributed by atoms with E-state index in [1.54, 1.807) is 0 Å². The van der Waals surface area contributed by atoms with Crippen LogP contribution in [0.2, 0.25) is 0 Å². The van der Waals surface area contributed by atoms with Crippen LogP contribution < -0.4 is 10.2 Å². The molecule has 1 saturated carbocycles. The smallest absolute Gasteiger partial charge is 0.0423 e. The minimum Gasteiger partial charge on any atom is -0.371 e. The minimum atomic E-state index is 0.159. The average molecular weight is 351 g/mol. The van der Waals surface area contributed by atoms with E-state index < -0.39 is 0 Å². The SMILES string of the molecule is CC(C)(C)NCc1ccc(Br)cc1N1CC2CCCC2C1. The van der Waals surface area contributed by atoms with Gasteiger partial charge < -0.3 is 10.2 Å². The highest BCUT2D eigenvalue weighted by atomic mass is 79.9. The molecule has 116 valence electrons. The molecule has 3 heteroatoms. The number of anilines is 1. The number of fused-ring (bicyclic) bond motifs is 1. The third-order valence-corrected chi connectivity index (χ3v) is 5.42. The molecule has 0 aromatic heterocycles. The van der Waals surface area contributed by atoms with E-state index in [4.69, 9.17) is 0 Å². The highest BCUT2D eigenvalue weighted by molar-refractivity contribution is 9.10. The Bertz CT molecular complexity index is 494. The van der Waals surface area contributed by atoms with Gasteiger partial charge in [-0.25, -0.2) is 0 Å². The Labute approximate surface area is 137 Å². The zero-order valence-electron chi connectivity index (χ0n) is 13.5. The molecule has 1 aromatic carbocycles. The molecule has 0 radical (unpaired) electrons. The maximum absolute atomic E-state index is 3.65. The van der Waals surface area contributed by atoms with Gasteiger partial charge in [-0.2, -0.15) is 0 Å². The Morgan fingerprint density at radius 2 is 1.86 bits per heavy atom. The molecule has 1 aliphatic heterocycles. The lowest BCUT2D eigenvalue weighted by Crippen LogP contribution is -2.35. The summed E-state index contributed by atoms with van der Waals surface area (Å²) in [5.74, 6) is 1.87. The molecule has 1 saturated heterocycles. The molecule has 1 N–H and O–H groups in total. The van der Waals surface area contributed by atoms with Crippen molar-refractivity contribution in [3.8, 4) is 0 Å². The van der Waals surface area contributed by atoms with E-state index in [9.17, 15) is 0 Å². The molecule has 3 rings (SSSR count). The number of benzene rings is 1. The van der Waals surface area contributed by atoms with Gasteiger partial charge in [0.15, 0.2) is 0 Å². The van der Waals surface area contributed by atoms with Crippen LogP contribution in [0.5, 0.6) is 0 Å². The van der Waals surface area contributed by atoms with Gasteiger partial charge in [0.2, 0.25) is 0 Å². The summed E-state index contributed by atoms with van der Waals surface area (Å²) >= 11 is 3.65. The normalized spacial score (nSPS) is 25.4. The van der Waals surface area contributed by atoms with Crippen molar-refractivity contribution in [3.63, 3.8) is 0 Å². The summed E-state index contributed by atoms with van der Waals surface area (Å²) in [6.45, 7) is 10.1. The van der Waals surface area contributed by atoms with Crippen molar-refractivity contribution in [2.75, 3.05) is 18.0 Å². The van der Waals surface area contributed by atoms with Crippen molar-refractivity contribution in [1.82, 2.24) is 5.32 Å². The third kappa shape index (κ3) is 3.62. The van der Waals surface area contributed by atoms with E-state index in [0.717, 1.165) is 18.4 Å². The first-order chi connectivity index (χ1) is 9.92. The number of rotatable bonds is 3. The Hall–Kier alpha value is -0.540. The van der Waals surface area contributed by atoms with Gasteiger partial charge in [-0.1, -0.05) is 28.4 Å². The van der Waals surface area contributed by atoms with E-state index in [1.165, 1.54) is 48.1 Å². The van der Waals surface area contributed by atoms with Crippen LogP contribution in [0.1, 0.15) is 45.6 Å². The molecule has 2 nitrogen and oxygen atoms in total. The first kappa shape index (κ1) is 15.4. The second-order valence-corrected chi connectivity index (χ2v) is 8.65. The zero-order valence-corrected chi connectivity index (χ0v) is 15.0. The summed E-state index contributed by atoms with van der Waals surface area (Å²) in [7, 11) is 0. The molecule has 1 aromatic rings. The summed E-state index contributed by atoms with van der Waals surface area (Å²) in [4.78, 5) is 2.62. The van der Waals surface area contributed by atoms with Crippen LogP contribution in [-0.4, -0.2) is 18.6 Å². The molecular weight excluding hydrogens is 324 g/mol. The number of nitrogens with zero attached hydrogens (tertiary/aromatic N) is 1. The second kappa shape index (κ2) is 5.92. The van der Waals surface area contributed by atoms with Gasteiger partial charge >= 0.3 is 0 Å². The van der Waals surface area contributed by atoms with Crippen LogP contribution in [0.3, 0.4) is 0 Å². The molecule has 1 heterocycles. The van der Waals surface area contributed by atoms with Crippen molar-refractivity contribution in [1.29, 1.82) is 0 Å². The number of hydrogen-bond donors (Lipinski definition) is 1. The number of nitrogens with one attached hydrogen (secondary N) is 1. The molecule has 2 unspecified atom stereocenters. The molecule has 2 atom stereocenters. The van der Waals surface area contributed by atoms with Gasteiger partial charge in [0.25, 0.3) is 0 Å². The molecule has 0 bridgehead atoms. The van der Waals surface area contributed by atoms with E-state index in [-0.39, 0.29) is 5.54 Å². The lowest BCUT2D eigenvalue weighted by molar-refractivity contribution is 0.424. The zero-order chi connectivity index (χ0) is 15.0. The standard InChI is InChI=1S/C18H27BrN2/c1-18(2,3)20-10-13-7-8-16(19)9-17(13)21-11-14-5-4-6-15(14)12-21/h7-9,14-15,20H,4-6,10-12H2,1-3H3. The molecule has 0 spiro atoms. The quantitative estimate of drug-likeness (QED) is 0.858. The average Bonchev–Trinajstić information content (AvgIpc) is 2.96. The first-order valence-electron chi connectivity index (χ1n) is 8.21. The Kier molecular flexibility index (Phi) is 4.33. The number of halogens is 1. The topological polar surface area (TPSA) is 15.3 Å². The van der Waals surface area contributed by atoms with Crippen LogP contribution in [0, 0.1) is 11.8 Å². The van der Waals surface area contributed by atoms with Crippen LogP contribution >= 0.6 is 15.9 Å². The van der Waals surface area contributed by atoms with E-state index in [2.05, 4.69) is 65.1 Å². The number of hydrogen-bond acceptors (Lipinski definition) is 2. The highest BCUT2D eigenvalue weighted by Gasteiger charge is 2.36. The molecule has 0 amide bonds. The van der Waals surface area contributed by atoms with Gasteiger partial charge in [0.05, 0.1) is 0 Å². The Morgan fingerprint density at radius 1 is 1.19 bits per heavy atom. The fourth-order valence-electron chi connectivity index (χ4n) is 3.77. The van der Waals surface area contributed by atoms with Gasteiger partial charge in [0, 0.05) is 35.3 Å². The third-order valence-electron chi connectivity index (χ3n) is 4.92. The maximum atomic E-state index is 3.65. The monoisotopic (exact) mass is 350 g/mol. The van der Waals surface area contributed by atoms with Gasteiger partial charge in [-0.05, 0) is 63.1 Å². The van der Waals surface area contributed by atoms with Gasteiger partial charge in [-0.3, -0.25) is 0 Å². The summed E-state index contributed by atoms with van der Waals surface area (Å²) in [5.41, 5.74) is 3.01. The van der Waals surface area contributed by atoms with Crippen molar-refractivity contribution in [3.05, 3.63) is 28.2 Å². The highest BCUT2D eigenvalue weighted by Crippen LogP contribution is 2.40. The first-order valence-corrected chi connectivity index (χ1v) is 9.00. The molecule has 2 aliphatic rings. The predicted molar refractivity (Wildman–Crippen MR) is 93.8 cm³/mol. The fourth-order valence-corrected chi connectivity index (χ4v) is 4.12. The Balaban J connectivity index is 1.78. The predicted octanol–water partition coefficient (Wildman–Crippen LogP) is 4.57. The van der Waals surface area contributed by atoms with Gasteiger partial charge in [-0.15, -0.1) is 0 Å². The van der Waals surface area contributed by atoms with Crippen LogP contribution in [0.25, 0.3) is 0 Å². The van der Waals surface area contributed by atoms with Crippen LogP contribution in [-0.2, 0) is 6.54 Å². The van der Waals surface area contributed by atoms with E-state index >= 15 is 0 Å². The van der Waals surface area contributed by atoms with Gasteiger partial charge in [0.1, 0.15) is 0 Å². The van der Waals surface area contributed by atoms with Crippen molar-refractivity contribution in [2.24, 2.45) is 11.8 Å². The van der Waals surface area contributed by atoms with E-state index in [1.807, 2.05) is 0 Å². The van der Waals surface area contributed by atoms with E-state index in [0.29, 0.717) is 0 Å². The summed E-state index contributed by atoms with van der Waals surface area (Å²) in [6, 6.07) is 6.74. The molecular formula is C18H27BrN2. The summed E-state index contributed by atoms with van der Waals surface area (Å²) in [6.07, 6.45) is 4.32. The maximum Gasteiger partial charge on any atom is 0.0423 e. The minimum absolute atomic E-state index is 0.159.